The van der Waals surface area contributed by atoms with Crippen LogP contribution in [0.25, 0.3) is 0 Å². The molecule has 3 rings (SSSR count). The number of halogens is 1. The molecule has 0 aliphatic rings. The molecule has 1 atom stereocenters. The molecule has 11 heteroatoms. The largest absolute Gasteiger partial charge is 0.368 e. The zero-order chi connectivity index (χ0) is 18.7. The summed E-state index contributed by atoms with van der Waals surface area (Å²) in [4.78, 5) is 14.5. The average Bonchev–Trinajstić information content (AvgIpc) is 3.01. The van der Waals surface area contributed by atoms with Crippen molar-refractivity contribution in [3.8, 4) is 0 Å². The molecule has 136 valence electrons. The number of benzene rings is 1. The third-order valence-electron chi connectivity index (χ3n) is 3.18. The smallest absolute Gasteiger partial charge is 0.229 e. The third kappa shape index (κ3) is 4.55. The van der Waals surface area contributed by atoms with Crippen LogP contribution in [0, 0.1) is 5.82 Å². The Bertz CT molecular complexity index is 901. The van der Waals surface area contributed by atoms with Gasteiger partial charge in [0.15, 0.2) is 4.34 Å². The lowest BCUT2D eigenvalue weighted by molar-refractivity contribution is 0.628. The molecular weight excluding hydrogens is 375 g/mol. The van der Waals surface area contributed by atoms with E-state index in [0.29, 0.717) is 22.6 Å². The molecule has 8 nitrogen and oxygen atoms in total. The fraction of sp³-hybridized carbons (Fsp3) is 0.267. The van der Waals surface area contributed by atoms with Gasteiger partial charge in [-0.2, -0.15) is 15.0 Å². The van der Waals surface area contributed by atoms with Gasteiger partial charge in [0.2, 0.25) is 17.0 Å². The van der Waals surface area contributed by atoms with E-state index in [-0.39, 0.29) is 17.0 Å². The number of nitrogens with one attached hydrogen (secondary N) is 1. The number of hydrogen-bond acceptors (Lipinski definition) is 10. The molecule has 0 aliphatic heterocycles. The Labute approximate surface area is 158 Å². The zero-order valence-corrected chi connectivity index (χ0v) is 16.0. The molecule has 0 aliphatic carbocycles. The summed E-state index contributed by atoms with van der Waals surface area (Å²) in [5.74, 6) is 0.940. The highest BCUT2D eigenvalue weighted by Crippen LogP contribution is 2.37. The second kappa shape index (κ2) is 7.79. The number of thioether (sulfide) groups is 1. The quantitative estimate of drug-likeness (QED) is 0.612. The minimum atomic E-state index is -0.313. The Balaban J connectivity index is 1.70. The fourth-order valence-corrected chi connectivity index (χ4v) is 3.94. The maximum absolute atomic E-state index is 13.2. The SMILES string of the molecule is CC(Sc1nnc(Nc2cccc(F)c2)s1)c1nc(N)nc(N(C)C)n1. The lowest BCUT2D eigenvalue weighted by atomic mass is 10.3. The van der Waals surface area contributed by atoms with E-state index < -0.39 is 0 Å². The molecule has 0 radical (unpaired) electrons. The molecule has 0 fully saturated rings. The first-order valence-electron chi connectivity index (χ1n) is 7.62. The molecule has 2 aromatic heterocycles. The van der Waals surface area contributed by atoms with Gasteiger partial charge < -0.3 is 16.0 Å². The molecular formula is C15H17FN8S2. The molecule has 2 heterocycles. The number of nitrogen functional groups attached to an aromatic ring is 1. The van der Waals surface area contributed by atoms with Gasteiger partial charge in [0.05, 0.1) is 5.25 Å². The second-order valence-electron chi connectivity index (χ2n) is 5.51. The Morgan fingerprint density at radius 2 is 2.04 bits per heavy atom. The monoisotopic (exact) mass is 392 g/mol. The summed E-state index contributed by atoms with van der Waals surface area (Å²) < 4.78 is 14.0. The van der Waals surface area contributed by atoms with Crippen LogP contribution in [-0.4, -0.2) is 39.2 Å². The topological polar surface area (TPSA) is 106 Å². The summed E-state index contributed by atoms with van der Waals surface area (Å²) in [7, 11) is 3.68. The highest BCUT2D eigenvalue weighted by molar-refractivity contribution is 8.01. The zero-order valence-electron chi connectivity index (χ0n) is 14.3. The van der Waals surface area contributed by atoms with Gasteiger partial charge in [-0.25, -0.2) is 4.39 Å². The van der Waals surface area contributed by atoms with E-state index in [9.17, 15) is 4.39 Å². The molecule has 1 unspecified atom stereocenters. The van der Waals surface area contributed by atoms with Crippen LogP contribution in [0.4, 0.5) is 27.1 Å². The van der Waals surface area contributed by atoms with Crippen molar-refractivity contribution >= 4 is 45.8 Å². The molecule has 3 aromatic rings. The predicted octanol–water partition coefficient (Wildman–Crippen LogP) is 3.11. The van der Waals surface area contributed by atoms with Crippen molar-refractivity contribution in [3.63, 3.8) is 0 Å². The molecule has 0 bridgehead atoms. The van der Waals surface area contributed by atoms with Crippen molar-refractivity contribution in [2.24, 2.45) is 0 Å². The van der Waals surface area contributed by atoms with Gasteiger partial charge in [-0.05, 0) is 25.1 Å². The van der Waals surface area contributed by atoms with E-state index in [0.717, 1.165) is 4.34 Å². The summed E-state index contributed by atoms with van der Waals surface area (Å²) in [5, 5.41) is 11.7. The number of hydrogen-bond donors (Lipinski definition) is 2. The first kappa shape index (κ1) is 18.3. The summed E-state index contributed by atoms with van der Waals surface area (Å²) in [6, 6.07) is 6.17. The van der Waals surface area contributed by atoms with Gasteiger partial charge in [0.1, 0.15) is 11.6 Å². The van der Waals surface area contributed by atoms with Crippen LogP contribution in [0.1, 0.15) is 18.0 Å². The Morgan fingerprint density at radius 3 is 2.77 bits per heavy atom. The molecule has 26 heavy (non-hydrogen) atoms. The molecule has 1 aromatic carbocycles. The molecule has 0 saturated carbocycles. The maximum Gasteiger partial charge on any atom is 0.229 e. The van der Waals surface area contributed by atoms with Crippen LogP contribution in [-0.2, 0) is 0 Å². The summed E-state index contributed by atoms with van der Waals surface area (Å²) in [5.41, 5.74) is 6.38. The van der Waals surface area contributed by atoms with Crippen molar-refractivity contribution in [1.29, 1.82) is 0 Å². The van der Waals surface area contributed by atoms with Crippen molar-refractivity contribution in [1.82, 2.24) is 25.1 Å². The normalized spacial score (nSPS) is 12.0. The first-order chi connectivity index (χ1) is 12.4. The molecule has 0 amide bonds. The van der Waals surface area contributed by atoms with Gasteiger partial charge in [-0.3, -0.25) is 0 Å². The Hall–Kier alpha value is -2.53. The first-order valence-corrected chi connectivity index (χ1v) is 9.32. The van der Waals surface area contributed by atoms with Crippen LogP contribution < -0.4 is 16.0 Å². The molecule has 0 saturated heterocycles. The van der Waals surface area contributed by atoms with Crippen molar-refractivity contribution < 1.29 is 4.39 Å². The standard InChI is InChI=1S/C15H17FN8S2/c1-8(11-19-12(17)21-13(20-11)24(2)3)25-15-23-22-14(26-15)18-10-6-4-5-9(16)7-10/h4-8H,1-3H3,(H,18,22)(H2,17,19,20,21). The highest BCUT2D eigenvalue weighted by atomic mass is 32.2. The van der Waals surface area contributed by atoms with Crippen molar-refractivity contribution in [2.75, 3.05) is 30.0 Å². The van der Waals surface area contributed by atoms with Gasteiger partial charge in [0.25, 0.3) is 0 Å². The summed E-state index contributed by atoms with van der Waals surface area (Å²) in [6.07, 6.45) is 0. The van der Waals surface area contributed by atoms with E-state index in [4.69, 9.17) is 5.73 Å². The van der Waals surface area contributed by atoms with Crippen LogP contribution in [0.2, 0.25) is 0 Å². The minimum Gasteiger partial charge on any atom is -0.368 e. The van der Waals surface area contributed by atoms with Gasteiger partial charge >= 0.3 is 0 Å². The number of rotatable bonds is 6. The van der Waals surface area contributed by atoms with E-state index in [1.54, 1.807) is 17.0 Å². The van der Waals surface area contributed by atoms with Crippen LogP contribution in [0.5, 0.6) is 0 Å². The van der Waals surface area contributed by atoms with Gasteiger partial charge in [-0.15, -0.1) is 10.2 Å². The predicted molar refractivity (Wildman–Crippen MR) is 102 cm³/mol. The second-order valence-corrected chi connectivity index (χ2v) is 8.08. The van der Waals surface area contributed by atoms with E-state index in [1.165, 1.54) is 35.2 Å². The highest BCUT2D eigenvalue weighted by Gasteiger charge is 2.17. The maximum atomic E-state index is 13.2. The number of anilines is 4. The lowest BCUT2D eigenvalue weighted by Crippen LogP contribution is -2.16. The summed E-state index contributed by atoms with van der Waals surface area (Å²) in [6.45, 7) is 1.96. The van der Waals surface area contributed by atoms with Gasteiger partial charge in [0, 0.05) is 19.8 Å². The van der Waals surface area contributed by atoms with E-state index >= 15 is 0 Å². The number of nitrogens with two attached hydrogens (primary N) is 1. The minimum absolute atomic E-state index is 0.0889. The van der Waals surface area contributed by atoms with Crippen LogP contribution in [0.15, 0.2) is 28.6 Å². The molecule has 3 N–H and O–H groups in total. The van der Waals surface area contributed by atoms with E-state index in [2.05, 4.69) is 30.5 Å². The van der Waals surface area contributed by atoms with Gasteiger partial charge in [-0.1, -0.05) is 29.2 Å². The number of nitrogens with zero attached hydrogens (tertiary/aromatic N) is 6. The summed E-state index contributed by atoms with van der Waals surface area (Å²) >= 11 is 2.83. The fourth-order valence-electron chi connectivity index (χ4n) is 1.98. The molecule has 0 spiro atoms. The average molecular weight is 392 g/mol. The Kier molecular flexibility index (Phi) is 5.47. The van der Waals surface area contributed by atoms with Crippen molar-refractivity contribution in [2.45, 2.75) is 16.5 Å². The lowest BCUT2D eigenvalue weighted by Gasteiger charge is -2.13. The third-order valence-corrected chi connectivity index (χ3v) is 5.20. The Morgan fingerprint density at radius 1 is 1.23 bits per heavy atom. The van der Waals surface area contributed by atoms with E-state index in [1.807, 2.05) is 21.0 Å². The van der Waals surface area contributed by atoms with Crippen LogP contribution in [0.3, 0.4) is 0 Å². The van der Waals surface area contributed by atoms with Crippen molar-refractivity contribution in [3.05, 3.63) is 35.9 Å². The van der Waals surface area contributed by atoms with Crippen LogP contribution >= 0.6 is 23.1 Å². The number of aromatic nitrogens is 5.